The van der Waals surface area contributed by atoms with Crippen molar-refractivity contribution in [3.8, 4) is 6.07 Å². The lowest BCUT2D eigenvalue weighted by molar-refractivity contribution is 0.0695. The summed E-state index contributed by atoms with van der Waals surface area (Å²) in [5.74, 6) is -1.06. The number of hydrogen-bond donors (Lipinski definition) is 3. The second-order valence-electron chi connectivity index (χ2n) is 2.65. The van der Waals surface area contributed by atoms with Gasteiger partial charge < -0.3 is 10.8 Å². The number of carbonyl (C=O) groups is 1. The molecule has 3 N–H and O–H groups in total. The summed E-state index contributed by atoms with van der Waals surface area (Å²) in [4.78, 5) is 11.1. The number of carboxylic acids is 1. The van der Waals surface area contributed by atoms with Gasteiger partial charge in [-0.2, -0.15) is 5.26 Å². The molecule has 4 nitrogen and oxygen atoms in total. The first-order valence-electron chi connectivity index (χ1n) is 3.79. The first kappa shape index (κ1) is 10.6. The van der Waals surface area contributed by atoms with E-state index in [4.69, 9.17) is 16.1 Å². The normalized spacial score (nSPS) is 9.50. The fourth-order valence-corrected chi connectivity index (χ4v) is 1.33. The van der Waals surface area contributed by atoms with Gasteiger partial charge in [-0.05, 0) is 17.7 Å². The Morgan fingerprint density at radius 1 is 1.64 bits per heavy atom. The third-order valence-corrected chi connectivity index (χ3v) is 2.16. The Labute approximate surface area is 86.4 Å². The van der Waals surface area contributed by atoms with E-state index >= 15 is 0 Å². The quantitative estimate of drug-likeness (QED) is 0.633. The Kier molecular flexibility index (Phi) is 3.12. The Bertz CT molecular complexity index is 424. The number of benzene rings is 1. The second-order valence-corrected chi connectivity index (χ2v) is 3.13. The molecule has 1 aromatic rings. The van der Waals surface area contributed by atoms with Crippen LogP contribution in [-0.4, -0.2) is 11.1 Å². The maximum atomic E-state index is 10.8. The summed E-state index contributed by atoms with van der Waals surface area (Å²) in [7, 11) is 0. The van der Waals surface area contributed by atoms with Gasteiger partial charge >= 0.3 is 5.97 Å². The molecule has 1 rings (SSSR count). The van der Waals surface area contributed by atoms with Crippen molar-refractivity contribution in [2.24, 2.45) is 5.73 Å². The number of nitriles is 1. The van der Waals surface area contributed by atoms with E-state index in [9.17, 15) is 4.79 Å². The lowest BCUT2D eigenvalue weighted by atomic mass is 10.0. The van der Waals surface area contributed by atoms with Gasteiger partial charge in [0, 0.05) is 11.4 Å². The maximum Gasteiger partial charge on any atom is 0.336 e. The average Bonchev–Trinajstić information content (AvgIpc) is 2.17. The van der Waals surface area contributed by atoms with Gasteiger partial charge in [-0.25, -0.2) is 4.79 Å². The van der Waals surface area contributed by atoms with Crippen LogP contribution in [0.3, 0.4) is 0 Å². The van der Waals surface area contributed by atoms with Crippen molar-refractivity contribution in [2.75, 3.05) is 0 Å². The number of nitrogens with zero attached hydrogens (tertiary/aromatic N) is 1. The number of nitrogens with two attached hydrogens (primary N) is 1. The Morgan fingerprint density at radius 2 is 2.29 bits per heavy atom. The van der Waals surface area contributed by atoms with E-state index in [0.29, 0.717) is 16.0 Å². The van der Waals surface area contributed by atoms with E-state index in [1.54, 1.807) is 0 Å². The third kappa shape index (κ3) is 1.87. The van der Waals surface area contributed by atoms with E-state index in [1.807, 2.05) is 6.07 Å². The predicted octanol–water partition coefficient (Wildman–Crippen LogP) is 1.00. The van der Waals surface area contributed by atoms with Gasteiger partial charge in [0.25, 0.3) is 0 Å². The van der Waals surface area contributed by atoms with Gasteiger partial charge in [0.2, 0.25) is 0 Å². The molecular weight excluding hydrogens is 200 g/mol. The molecule has 0 amide bonds. The first-order valence-corrected chi connectivity index (χ1v) is 4.24. The standard InChI is InChI=1S/C9H8N2O2S/c10-3-5-1-6(4-11)8(14)2-7(5)9(12)13/h1-2,14H,3,10H2,(H,12,13). The maximum absolute atomic E-state index is 10.8. The molecule has 0 atom stereocenters. The molecule has 0 aliphatic carbocycles. The summed E-state index contributed by atoms with van der Waals surface area (Å²) in [5, 5.41) is 17.5. The molecule has 0 bridgehead atoms. The van der Waals surface area contributed by atoms with Gasteiger partial charge in [-0.1, -0.05) is 0 Å². The number of carboxylic acid groups (broad SMARTS) is 1. The first-order chi connectivity index (χ1) is 6.60. The van der Waals surface area contributed by atoms with Gasteiger partial charge in [0.05, 0.1) is 11.1 Å². The van der Waals surface area contributed by atoms with E-state index in [0.717, 1.165) is 0 Å². The van der Waals surface area contributed by atoms with Crippen LogP contribution < -0.4 is 5.73 Å². The van der Waals surface area contributed by atoms with Crippen molar-refractivity contribution in [2.45, 2.75) is 11.4 Å². The zero-order chi connectivity index (χ0) is 10.7. The van der Waals surface area contributed by atoms with E-state index in [2.05, 4.69) is 12.6 Å². The Morgan fingerprint density at radius 3 is 2.71 bits per heavy atom. The Hall–Kier alpha value is -1.51. The van der Waals surface area contributed by atoms with Crippen LogP contribution in [0.15, 0.2) is 17.0 Å². The van der Waals surface area contributed by atoms with E-state index < -0.39 is 5.97 Å². The number of thiol groups is 1. The zero-order valence-electron chi connectivity index (χ0n) is 7.19. The average molecular weight is 208 g/mol. The highest BCUT2D eigenvalue weighted by molar-refractivity contribution is 7.80. The van der Waals surface area contributed by atoms with Crippen molar-refractivity contribution in [3.63, 3.8) is 0 Å². The molecule has 0 aliphatic heterocycles. The third-order valence-electron chi connectivity index (χ3n) is 1.79. The topological polar surface area (TPSA) is 87.1 Å². The monoisotopic (exact) mass is 208 g/mol. The molecule has 14 heavy (non-hydrogen) atoms. The molecule has 72 valence electrons. The summed E-state index contributed by atoms with van der Waals surface area (Å²) in [6.07, 6.45) is 0. The molecule has 0 heterocycles. The van der Waals surface area contributed by atoms with Gasteiger partial charge in [0.15, 0.2) is 0 Å². The molecule has 0 aromatic heterocycles. The van der Waals surface area contributed by atoms with Crippen molar-refractivity contribution in [3.05, 3.63) is 28.8 Å². The fraction of sp³-hybridized carbons (Fsp3) is 0.111. The molecular formula is C9H8N2O2S. The highest BCUT2D eigenvalue weighted by Crippen LogP contribution is 2.19. The van der Waals surface area contributed by atoms with Crippen LogP contribution >= 0.6 is 12.6 Å². The molecule has 1 aromatic carbocycles. The van der Waals surface area contributed by atoms with Crippen LogP contribution in [0.5, 0.6) is 0 Å². The van der Waals surface area contributed by atoms with Gasteiger partial charge in [0.1, 0.15) is 6.07 Å². The highest BCUT2D eigenvalue weighted by atomic mass is 32.1. The minimum atomic E-state index is -1.06. The van der Waals surface area contributed by atoms with Crippen molar-refractivity contribution in [1.29, 1.82) is 5.26 Å². The van der Waals surface area contributed by atoms with Crippen LogP contribution in [0, 0.1) is 11.3 Å². The summed E-state index contributed by atoms with van der Waals surface area (Å²) in [6.45, 7) is 0.0877. The second kappa shape index (κ2) is 4.13. The van der Waals surface area contributed by atoms with Crippen LogP contribution in [0.4, 0.5) is 0 Å². The van der Waals surface area contributed by atoms with Crippen molar-refractivity contribution in [1.82, 2.24) is 0 Å². The molecule has 0 unspecified atom stereocenters. The summed E-state index contributed by atoms with van der Waals surface area (Å²) in [5.41, 5.74) is 6.23. The highest BCUT2D eigenvalue weighted by Gasteiger charge is 2.12. The van der Waals surface area contributed by atoms with Crippen LogP contribution in [-0.2, 0) is 6.54 Å². The lowest BCUT2D eigenvalue weighted by Gasteiger charge is -2.05. The minimum absolute atomic E-state index is 0.0877. The molecule has 5 heteroatoms. The Balaban J connectivity index is 3.41. The van der Waals surface area contributed by atoms with E-state index in [-0.39, 0.29) is 12.1 Å². The smallest absolute Gasteiger partial charge is 0.336 e. The largest absolute Gasteiger partial charge is 0.478 e. The molecule has 0 spiro atoms. The number of hydrogen-bond acceptors (Lipinski definition) is 4. The summed E-state index contributed by atoms with van der Waals surface area (Å²) >= 11 is 4.00. The zero-order valence-corrected chi connectivity index (χ0v) is 8.08. The molecule has 0 radical (unpaired) electrons. The van der Waals surface area contributed by atoms with Crippen LogP contribution in [0.1, 0.15) is 21.5 Å². The summed E-state index contributed by atoms with van der Waals surface area (Å²) in [6, 6.07) is 4.70. The van der Waals surface area contributed by atoms with E-state index in [1.165, 1.54) is 12.1 Å². The van der Waals surface area contributed by atoms with Crippen LogP contribution in [0.25, 0.3) is 0 Å². The lowest BCUT2D eigenvalue weighted by Crippen LogP contribution is -2.07. The van der Waals surface area contributed by atoms with Crippen LogP contribution in [0.2, 0.25) is 0 Å². The van der Waals surface area contributed by atoms with Gasteiger partial charge in [-0.15, -0.1) is 12.6 Å². The van der Waals surface area contributed by atoms with Crippen molar-refractivity contribution < 1.29 is 9.90 Å². The molecule has 0 aliphatic rings. The fourth-order valence-electron chi connectivity index (χ4n) is 1.09. The number of aromatic carboxylic acids is 1. The molecule has 0 saturated heterocycles. The molecule has 0 fully saturated rings. The number of rotatable bonds is 2. The molecule has 0 saturated carbocycles. The summed E-state index contributed by atoms with van der Waals surface area (Å²) < 4.78 is 0. The SMILES string of the molecule is N#Cc1cc(CN)c(C(=O)O)cc1S. The minimum Gasteiger partial charge on any atom is -0.478 e. The van der Waals surface area contributed by atoms with Gasteiger partial charge in [-0.3, -0.25) is 0 Å². The van der Waals surface area contributed by atoms with Crippen molar-refractivity contribution >= 4 is 18.6 Å². The predicted molar refractivity (Wildman–Crippen MR) is 53.3 cm³/mol.